The van der Waals surface area contributed by atoms with Crippen molar-refractivity contribution in [3.05, 3.63) is 39.8 Å². The van der Waals surface area contributed by atoms with E-state index in [0.717, 1.165) is 35.9 Å². The number of esters is 1. The molecule has 0 unspecified atom stereocenters. The van der Waals surface area contributed by atoms with Crippen LogP contribution in [0.3, 0.4) is 0 Å². The molecular weight excluding hydrogens is 440 g/mol. The minimum atomic E-state index is -0.705. The highest BCUT2D eigenvalue weighted by Crippen LogP contribution is 2.38. The molecule has 1 aromatic carbocycles. The van der Waals surface area contributed by atoms with Crippen LogP contribution in [0.4, 0.5) is 0 Å². The molecule has 3 heterocycles. The molecule has 0 atom stereocenters. The summed E-state index contributed by atoms with van der Waals surface area (Å²) >= 11 is 0. The van der Waals surface area contributed by atoms with Gasteiger partial charge in [0.15, 0.2) is 23.2 Å². The Morgan fingerprint density at radius 2 is 2.00 bits per heavy atom. The van der Waals surface area contributed by atoms with E-state index in [1.165, 1.54) is 4.57 Å². The van der Waals surface area contributed by atoms with E-state index in [0.29, 0.717) is 11.7 Å². The van der Waals surface area contributed by atoms with Crippen LogP contribution in [0.5, 0.6) is 5.75 Å². The van der Waals surface area contributed by atoms with Crippen molar-refractivity contribution >= 4 is 22.8 Å². The molecule has 12 nitrogen and oxygen atoms in total. The largest absolute Gasteiger partial charge is 0.486 e. The molecule has 0 spiro atoms. The molecule has 3 aromatic rings. The summed E-state index contributed by atoms with van der Waals surface area (Å²) in [5.74, 6) is 0.624. The first-order valence-corrected chi connectivity index (χ1v) is 11.3. The van der Waals surface area contributed by atoms with Crippen LogP contribution in [0.2, 0.25) is 0 Å². The highest BCUT2D eigenvalue weighted by atomic mass is 16.5. The van der Waals surface area contributed by atoms with Crippen LogP contribution in [-0.2, 0) is 11.8 Å². The zero-order valence-electron chi connectivity index (χ0n) is 19.2. The number of ether oxygens (including phenoxy) is 2. The van der Waals surface area contributed by atoms with E-state index in [4.69, 9.17) is 14.5 Å². The van der Waals surface area contributed by atoms with E-state index >= 15 is 0 Å². The number of amidine groups is 1. The van der Waals surface area contributed by atoms with E-state index < -0.39 is 11.5 Å². The van der Waals surface area contributed by atoms with E-state index in [-0.39, 0.29) is 36.5 Å². The lowest BCUT2D eigenvalue weighted by Crippen LogP contribution is -2.35. The van der Waals surface area contributed by atoms with Crippen molar-refractivity contribution in [1.29, 1.82) is 0 Å². The Hall–Kier alpha value is -3.93. The van der Waals surface area contributed by atoms with E-state index in [9.17, 15) is 9.59 Å². The average Bonchev–Trinajstić information content (AvgIpc) is 3.45. The Kier molecular flexibility index (Phi) is 5.65. The molecule has 12 heteroatoms. The van der Waals surface area contributed by atoms with Gasteiger partial charge in [-0.25, -0.2) is 20.3 Å². The number of carbonyl (C=O) groups excluding carboxylic acids is 1. The third-order valence-electron chi connectivity index (χ3n) is 6.01. The molecule has 3 N–H and O–H groups in total. The topological polar surface area (TPSA) is 137 Å². The van der Waals surface area contributed by atoms with Crippen LogP contribution < -0.4 is 26.8 Å². The summed E-state index contributed by atoms with van der Waals surface area (Å²) in [5, 5.41) is 4.18. The number of carbonyl (C=O) groups is 1. The highest BCUT2D eigenvalue weighted by molar-refractivity contribution is 6.01. The SMILES string of the molecule is CCOC(=O)c1nc(-c2nc3ccc(C4=NNNN4)cc3n2C2CCC2)n(C)c(=O)c1OCC. The molecule has 0 bridgehead atoms. The maximum absolute atomic E-state index is 13.2. The molecular formula is C22H26N8O4. The Labute approximate surface area is 194 Å². The summed E-state index contributed by atoms with van der Waals surface area (Å²) in [4.78, 5) is 35.3. The summed E-state index contributed by atoms with van der Waals surface area (Å²) < 4.78 is 14.1. The van der Waals surface area contributed by atoms with E-state index in [1.54, 1.807) is 20.9 Å². The third kappa shape index (κ3) is 3.55. The molecule has 34 heavy (non-hydrogen) atoms. The summed E-state index contributed by atoms with van der Waals surface area (Å²) in [6.07, 6.45) is 3.08. The van der Waals surface area contributed by atoms with Gasteiger partial charge in [0, 0.05) is 18.7 Å². The van der Waals surface area contributed by atoms with Crippen LogP contribution >= 0.6 is 0 Å². The van der Waals surface area contributed by atoms with Gasteiger partial charge >= 0.3 is 5.97 Å². The van der Waals surface area contributed by atoms with E-state index in [1.807, 2.05) is 18.2 Å². The van der Waals surface area contributed by atoms with Gasteiger partial charge in [0.05, 0.1) is 24.2 Å². The second kappa shape index (κ2) is 8.78. The zero-order valence-corrected chi connectivity index (χ0v) is 19.2. The van der Waals surface area contributed by atoms with Gasteiger partial charge in [-0.05, 0) is 51.3 Å². The lowest BCUT2D eigenvalue weighted by molar-refractivity contribution is 0.0513. The molecule has 178 valence electrons. The lowest BCUT2D eigenvalue weighted by atomic mass is 9.92. The number of nitrogens with one attached hydrogen (secondary N) is 3. The second-order valence-electron chi connectivity index (χ2n) is 8.05. The average molecular weight is 467 g/mol. The first-order valence-electron chi connectivity index (χ1n) is 11.3. The minimum absolute atomic E-state index is 0.119. The molecule has 0 saturated heterocycles. The first kappa shape index (κ1) is 21.9. The molecule has 1 saturated carbocycles. The lowest BCUT2D eigenvalue weighted by Gasteiger charge is -2.29. The predicted octanol–water partition coefficient (Wildman–Crippen LogP) is 1.37. The normalized spacial score (nSPS) is 15.4. The summed E-state index contributed by atoms with van der Waals surface area (Å²) in [5.41, 5.74) is 10.3. The maximum atomic E-state index is 13.2. The Balaban J connectivity index is 1.73. The molecule has 1 aliphatic carbocycles. The standard InChI is InChI=1S/C22H26N8O4/c1-4-33-17-16(22(32)34-5-2)24-19(29(3)21(17)31)20-23-14-10-9-12(18-25-27-28-26-18)11-15(14)30(20)13-7-6-8-13/h9-11,13,27-28H,4-8H2,1-3H3,(H,25,26). The molecule has 0 radical (unpaired) electrons. The summed E-state index contributed by atoms with van der Waals surface area (Å²) in [6.45, 7) is 3.81. The van der Waals surface area contributed by atoms with Gasteiger partial charge < -0.3 is 14.0 Å². The number of benzene rings is 1. The van der Waals surface area contributed by atoms with Crippen molar-refractivity contribution < 1.29 is 14.3 Å². The van der Waals surface area contributed by atoms with Crippen LogP contribution in [0.15, 0.2) is 28.1 Å². The molecule has 0 amide bonds. The number of imidazole rings is 1. The Morgan fingerprint density at radius 1 is 1.18 bits per heavy atom. The van der Waals surface area contributed by atoms with Gasteiger partial charge in [-0.3, -0.25) is 14.8 Å². The number of fused-ring (bicyclic) bond motifs is 1. The first-order chi connectivity index (χ1) is 16.5. The van der Waals surface area contributed by atoms with Crippen LogP contribution in [0.25, 0.3) is 22.7 Å². The molecule has 5 rings (SSSR count). The summed E-state index contributed by atoms with van der Waals surface area (Å²) in [6, 6.07) is 6.04. The number of nitrogens with zero attached hydrogens (tertiary/aromatic N) is 5. The van der Waals surface area contributed by atoms with Crippen molar-refractivity contribution in [3.8, 4) is 17.4 Å². The Morgan fingerprint density at radius 3 is 2.65 bits per heavy atom. The minimum Gasteiger partial charge on any atom is -0.486 e. The smallest absolute Gasteiger partial charge is 0.361 e. The van der Waals surface area contributed by atoms with Crippen molar-refractivity contribution in [1.82, 2.24) is 35.6 Å². The van der Waals surface area contributed by atoms with Crippen LogP contribution in [0, 0.1) is 0 Å². The number of hydrogen-bond acceptors (Lipinski definition) is 10. The monoisotopic (exact) mass is 466 g/mol. The van der Waals surface area contributed by atoms with Gasteiger partial charge in [0.2, 0.25) is 5.75 Å². The molecule has 2 aromatic heterocycles. The van der Waals surface area contributed by atoms with Crippen LogP contribution in [0.1, 0.15) is 55.2 Å². The molecule has 1 aliphatic heterocycles. The zero-order chi connectivity index (χ0) is 23.8. The third-order valence-corrected chi connectivity index (χ3v) is 6.01. The molecule has 1 fully saturated rings. The number of aromatic nitrogens is 4. The van der Waals surface area contributed by atoms with Gasteiger partial charge in [0.1, 0.15) is 0 Å². The van der Waals surface area contributed by atoms with Crippen molar-refractivity contribution in [2.75, 3.05) is 13.2 Å². The fourth-order valence-corrected chi connectivity index (χ4v) is 4.14. The van der Waals surface area contributed by atoms with Crippen molar-refractivity contribution in [2.24, 2.45) is 12.1 Å². The highest BCUT2D eigenvalue weighted by Gasteiger charge is 2.30. The number of rotatable bonds is 7. The fraction of sp³-hybridized carbons (Fsp3) is 0.409. The second-order valence-corrected chi connectivity index (χ2v) is 8.05. The maximum Gasteiger partial charge on any atom is 0.361 e. The van der Waals surface area contributed by atoms with Gasteiger partial charge in [-0.2, -0.15) is 0 Å². The van der Waals surface area contributed by atoms with E-state index in [2.05, 4.69) is 31.1 Å². The number of hydrogen-bond donors (Lipinski definition) is 3. The molecule has 2 aliphatic rings. The predicted molar refractivity (Wildman–Crippen MR) is 124 cm³/mol. The number of hydrazine groups is 2. The van der Waals surface area contributed by atoms with Crippen LogP contribution in [-0.4, -0.2) is 44.1 Å². The van der Waals surface area contributed by atoms with Gasteiger partial charge in [0.25, 0.3) is 5.56 Å². The van der Waals surface area contributed by atoms with Crippen molar-refractivity contribution in [2.45, 2.75) is 39.2 Å². The van der Waals surface area contributed by atoms with Crippen molar-refractivity contribution in [3.63, 3.8) is 0 Å². The quantitative estimate of drug-likeness (QED) is 0.441. The summed E-state index contributed by atoms with van der Waals surface area (Å²) in [7, 11) is 1.60. The fourth-order valence-electron chi connectivity index (χ4n) is 4.14. The number of hydrazone groups is 1. The Bertz CT molecular complexity index is 1360. The van der Waals surface area contributed by atoms with Gasteiger partial charge in [-0.1, -0.05) is 0 Å². The van der Waals surface area contributed by atoms with Gasteiger partial charge in [-0.15, -0.1) is 10.6 Å².